The van der Waals surface area contributed by atoms with Crippen LogP contribution in [-0.2, 0) is 4.74 Å². The van der Waals surface area contributed by atoms with Crippen molar-refractivity contribution in [2.45, 2.75) is 0 Å². The van der Waals surface area contributed by atoms with Crippen LogP contribution in [0.3, 0.4) is 0 Å². The summed E-state index contributed by atoms with van der Waals surface area (Å²) in [5.41, 5.74) is 1.75. The monoisotopic (exact) mass is 352 g/mol. The molecule has 0 aliphatic heterocycles. The maximum atomic E-state index is 12.5. The lowest BCUT2D eigenvalue weighted by molar-refractivity contribution is 0.0601. The minimum atomic E-state index is -0.569. The molecule has 0 aliphatic rings. The molecule has 0 fully saturated rings. The smallest absolute Gasteiger partial charge is 0.340 e. The van der Waals surface area contributed by atoms with Crippen molar-refractivity contribution in [1.82, 2.24) is 15.0 Å². The van der Waals surface area contributed by atoms with Gasteiger partial charge in [-0.25, -0.2) is 9.48 Å². The van der Waals surface area contributed by atoms with Crippen LogP contribution < -0.4 is 10.1 Å². The lowest BCUT2D eigenvalue weighted by Gasteiger charge is -2.11. The average molecular weight is 352 g/mol. The summed E-state index contributed by atoms with van der Waals surface area (Å²) in [4.78, 5) is 24.5. The van der Waals surface area contributed by atoms with Crippen LogP contribution in [0.4, 0.5) is 5.69 Å². The number of anilines is 1. The van der Waals surface area contributed by atoms with Gasteiger partial charge in [0.2, 0.25) is 0 Å². The Kier molecular flexibility index (Phi) is 4.93. The summed E-state index contributed by atoms with van der Waals surface area (Å²) in [5, 5.41) is 10.3. The first-order valence-corrected chi connectivity index (χ1v) is 7.67. The molecule has 3 rings (SSSR count). The number of ether oxygens (including phenoxy) is 2. The molecule has 0 radical (unpaired) electrons. The van der Waals surface area contributed by atoms with Crippen molar-refractivity contribution in [3.63, 3.8) is 0 Å². The second kappa shape index (κ2) is 7.47. The van der Waals surface area contributed by atoms with Gasteiger partial charge in [-0.05, 0) is 42.5 Å². The van der Waals surface area contributed by atoms with Crippen molar-refractivity contribution >= 4 is 17.6 Å². The van der Waals surface area contributed by atoms with E-state index in [0.29, 0.717) is 17.0 Å². The van der Waals surface area contributed by atoms with Crippen LogP contribution in [0.25, 0.3) is 5.69 Å². The fourth-order valence-corrected chi connectivity index (χ4v) is 2.34. The van der Waals surface area contributed by atoms with E-state index >= 15 is 0 Å². The standard InChI is InChI=1S/C18H16N4O4/c1-25-14-7-8-16(15(11-14)18(24)26-2)20-17(23)12-3-5-13(6-4-12)22-10-9-19-21-22/h3-11H,1-2H3,(H,20,23). The summed E-state index contributed by atoms with van der Waals surface area (Å²) in [6.07, 6.45) is 3.27. The van der Waals surface area contributed by atoms with Gasteiger partial charge in [0.25, 0.3) is 5.91 Å². The minimum absolute atomic E-state index is 0.208. The van der Waals surface area contributed by atoms with Gasteiger partial charge in [0, 0.05) is 5.56 Å². The van der Waals surface area contributed by atoms with Crippen LogP contribution in [0.15, 0.2) is 54.9 Å². The highest BCUT2D eigenvalue weighted by atomic mass is 16.5. The van der Waals surface area contributed by atoms with Crippen LogP contribution in [0.1, 0.15) is 20.7 Å². The quantitative estimate of drug-likeness (QED) is 0.708. The fourth-order valence-electron chi connectivity index (χ4n) is 2.34. The first-order valence-electron chi connectivity index (χ1n) is 7.67. The third kappa shape index (κ3) is 3.54. The molecular weight excluding hydrogens is 336 g/mol. The van der Waals surface area contributed by atoms with Gasteiger partial charge in [0.1, 0.15) is 5.75 Å². The molecule has 0 aliphatic carbocycles. The fraction of sp³-hybridized carbons (Fsp3) is 0.111. The molecule has 0 spiro atoms. The largest absolute Gasteiger partial charge is 0.497 e. The van der Waals surface area contributed by atoms with Gasteiger partial charge >= 0.3 is 5.97 Å². The Balaban J connectivity index is 1.82. The Morgan fingerprint density at radius 2 is 1.85 bits per heavy atom. The molecule has 0 saturated heterocycles. The first kappa shape index (κ1) is 17.2. The van der Waals surface area contributed by atoms with Gasteiger partial charge in [-0.3, -0.25) is 4.79 Å². The van der Waals surface area contributed by atoms with Crippen molar-refractivity contribution < 1.29 is 19.1 Å². The van der Waals surface area contributed by atoms with Gasteiger partial charge < -0.3 is 14.8 Å². The maximum Gasteiger partial charge on any atom is 0.340 e. The third-order valence-corrected chi connectivity index (χ3v) is 3.70. The molecule has 132 valence electrons. The van der Waals surface area contributed by atoms with Crippen molar-refractivity contribution in [2.75, 3.05) is 19.5 Å². The molecule has 1 amide bonds. The van der Waals surface area contributed by atoms with Gasteiger partial charge in [0.05, 0.1) is 43.6 Å². The summed E-state index contributed by atoms with van der Waals surface area (Å²) in [6, 6.07) is 11.6. The molecule has 0 saturated carbocycles. The van der Waals surface area contributed by atoms with Gasteiger partial charge in [0.15, 0.2) is 0 Å². The molecule has 0 atom stereocenters. The highest BCUT2D eigenvalue weighted by molar-refractivity contribution is 6.08. The second-order valence-corrected chi connectivity index (χ2v) is 5.25. The number of nitrogens with one attached hydrogen (secondary N) is 1. The van der Waals surface area contributed by atoms with Gasteiger partial charge in [-0.15, -0.1) is 5.10 Å². The number of hydrogen-bond acceptors (Lipinski definition) is 6. The van der Waals surface area contributed by atoms with E-state index in [1.165, 1.54) is 20.3 Å². The SMILES string of the molecule is COC(=O)c1cc(OC)ccc1NC(=O)c1ccc(-n2ccnn2)cc1. The van der Waals surface area contributed by atoms with E-state index in [9.17, 15) is 9.59 Å². The molecule has 1 aromatic heterocycles. The summed E-state index contributed by atoms with van der Waals surface area (Å²) >= 11 is 0. The average Bonchev–Trinajstić information content (AvgIpc) is 3.22. The van der Waals surface area contributed by atoms with E-state index in [-0.39, 0.29) is 11.5 Å². The van der Waals surface area contributed by atoms with Gasteiger partial charge in [-0.2, -0.15) is 0 Å². The molecule has 0 bridgehead atoms. The van der Waals surface area contributed by atoms with Crippen molar-refractivity contribution in [1.29, 1.82) is 0 Å². The summed E-state index contributed by atoms with van der Waals surface area (Å²) in [5.74, 6) is -0.438. The number of carbonyl (C=O) groups excluding carboxylic acids is 2. The number of methoxy groups -OCH3 is 2. The Morgan fingerprint density at radius 1 is 1.08 bits per heavy atom. The number of rotatable bonds is 5. The van der Waals surface area contributed by atoms with E-state index in [4.69, 9.17) is 9.47 Å². The van der Waals surface area contributed by atoms with E-state index in [2.05, 4.69) is 15.6 Å². The Labute approximate surface area is 149 Å². The molecule has 2 aromatic carbocycles. The third-order valence-electron chi connectivity index (χ3n) is 3.70. The molecule has 1 N–H and O–H groups in total. The van der Waals surface area contributed by atoms with Crippen LogP contribution in [0, 0.1) is 0 Å². The van der Waals surface area contributed by atoms with Crippen molar-refractivity contribution in [2.24, 2.45) is 0 Å². The number of carbonyl (C=O) groups is 2. The van der Waals surface area contributed by atoms with Crippen LogP contribution in [0.5, 0.6) is 5.75 Å². The predicted octanol–water partition coefficient (Wildman–Crippen LogP) is 2.31. The highest BCUT2D eigenvalue weighted by Gasteiger charge is 2.16. The van der Waals surface area contributed by atoms with Crippen molar-refractivity contribution in [3.05, 3.63) is 66.0 Å². The zero-order valence-electron chi connectivity index (χ0n) is 14.2. The number of benzene rings is 2. The van der Waals surface area contributed by atoms with E-state index < -0.39 is 5.97 Å². The zero-order valence-corrected chi connectivity index (χ0v) is 14.2. The molecule has 8 heteroatoms. The van der Waals surface area contributed by atoms with Crippen LogP contribution in [0.2, 0.25) is 0 Å². The summed E-state index contributed by atoms with van der Waals surface area (Å²) < 4.78 is 11.5. The molecule has 0 unspecified atom stereocenters. The Hall–Kier alpha value is -3.68. The number of hydrogen-bond donors (Lipinski definition) is 1. The molecule has 1 heterocycles. The summed E-state index contributed by atoms with van der Waals surface area (Å²) in [6.45, 7) is 0. The van der Waals surface area contributed by atoms with E-state index in [1.807, 2.05) is 0 Å². The van der Waals surface area contributed by atoms with Crippen LogP contribution in [-0.4, -0.2) is 41.1 Å². The lowest BCUT2D eigenvalue weighted by atomic mass is 10.1. The highest BCUT2D eigenvalue weighted by Crippen LogP contribution is 2.23. The summed E-state index contributed by atoms with van der Waals surface area (Å²) in [7, 11) is 2.77. The molecule has 8 nitrogen and oxygen atoms in total. The number of nitrogens with zero attached hydrogens (tertiary/aromatic N) is 3. The minimum Gasteiger partial charge on any atom is -0.497 e. The Morgan fingerprint density at radius 3 is 2.46 bits per heavy atom. The number of aromatic nitrogens is 3. The van der Waals surface area contributed by atoms with E-state index in [1.54, 1.807) is 53.5 Å². The Bertz CT molecular complexity index is 921. The molecule has 3 aromatic rings. The first-order chi connectivity index (χ1) is 12.6. The zero-order chi connectivity index (χ0) is 18.5. The van der Waals surface area contributed by atoms with Crippen molar-refractivity contribution in [3.8, 4) is 11.4 Å². The van der Waals surface area contributed by atoms with E-state index in [0.717, 1.165) is 5.69 Å². The maximum absolute atomic E-state index is 12.5. The van der Waals surface area contributed by atoms with Crippen LogP contribution >= 0.6 is 0 Å². The number of esters is 1. The number of amides is 1. The topological polar surface area (TPSA) is 95.3 Å². The van der Waals surface area contributed by atoms with Gasteiger partial charge in [-0.1, -0.05) is 5.21 Å². The lowest BCUT2D eigenvalue weighted by Crippen LogP contribution is -2.15. The second-order valence-electron chi connectivity index (χ2n) is 5.25. The molecular formula is C18H16N4O4. The predicted molar refractivity (Wildman–Crippen MR) is 93.6 cm³/mol. The molecule has 26 heavy (non-hydrogen) atoms. The normalized spacial score (nSPS) is 10.2.